The molecule has 0 aliphatic heterocycles. The molecular weight excluding hydrogens is 290 g/mol. The second-order valence-corrected chi connectivity index (χ2v) is 5.53. The van der Waals surface area contributed by atoms with Crippen molar-refractivity contribution in [1.29, 1.82) is 0 Å². The van der Waals surface area contributed by atoms with Crippen LogP contribution in [0.5, 0.6) is 0 Å². The van der Waals surface area contributed by atoms with Crippen LogP contribution in [0.15, 0.2) is 30.4 Å². The van der Waals surface area contributed by atoms with E-state index in [9.17, 15) is 9.59 Å². The predicted octanol–water partition coefficient (Wildman–Crippen LogP) is 3.49. The molecule has 0 fully saturated rings. The van der Waals surface area contributed by atoms with Crippen molar-refractivity contribution in [3.63, 3.8) is 0 Å². The van der Waals surface area contributed by atoms with Crippen LogP contribution in [0.1, 0.15) is 24.8 Å². The molecule has 0 spiro atoms. The van der Waals surface area contributed by atoms with Gasteiger partial charge in [-0.1, -0.05) is 29.8 Å². The number of anilines is 1. The van der Waals surface area contributed by atoms with Gasteiger partial charge in [-0.25, -0.2) is 0 Å². The quantitative estimate of drug-likeness (QED) is 0.684. The number of nitrogens with one attached hydrogen (secondary N) is 1. The molecule has 1 aliphatic rings. The lowest BCUT2D eigenvalue weighted by molar-refractivity contribution is -0.151. The zero-order valence-corrected chi connectivity index (χ0v) is 12.7. The third-order valence-corrected chi connectivity index (χ3v) is 3.66. The molecule has 0 heterocycles. The Morgan fingerprint density at radius 2 is 2.19 bits per heavy atom. The summed E-state index contributed by atoms with van der Waals surface area (Å²) in [5, 5.41) is 3.10. The monoisotopic (exact) mass is 307 g/mol. The van der Waals surface area contributed by atoms with Crippen LogP contribution in [0.25, 0.3) is 0 Å². The number of hydrogen-bond donors (Lipinski definition) is 1. The molecule has 1 atom stereocenters. The number of aryl methyl sites for hydroxylation is 1. The second kappa shape index (κ2) is 7.27. The third-order valence-electron chi connectivity index (χ3n) is 3.35. The Kier molecular flexibility index (Phi) is 5.39. The van der Waals surface area contributed by atoms with Crippen LogP contribution in [-0.2, 0) is 14.3 Å². The van der Waals surface area contributed by atoms with Gasteiger partial charge < -0.3 is 10.1 Å². The van der Waals surface area contributed by atoms with Gasteiger partial charge in [0.05, 0.1) is 16.6 Å². The van der Waals surface area contributed by atoms with Gasteiger partial charge in [0.15, 0.2) is 6.61 Å². The average molecular weight is 308 g/mol. The number of hydrogen-bond acceptors (Lipinski definition) is 3. The highest BCUT2D eigenvalue weighted by atomic mass is 35.5. The number of benzene rings is 1. The first-order valence-corrected chi connectivity index (χ1v) is 7.31. The summed E-state index contributed by atoms with van der Waals surface area (Å²) in [6, 6.07) is 5.34. The van der Waals surface area contributed by atoms with Crippen molar-refractivity contribution in [3.8, 4) is 0 Å². The minimum atomic E-state index is -0.388. The fourth-order valence-corrected chi connectivity index (χ4v) is 2.45. The van der Waals surface area contributed by atoms with Crippen LogP contribution in [-0.4, -0.2) is 18.5 Å². The van der Waals surface area contributed by atoms with E-state index in [0.717, 1.165) is 18.4 Å². The summed E-state index contributed by atoms with van der Waals surface area (Å²) in [5.41, 5.74) is 1.53. The van der Waals surface area contributed by atoms with E-state index in [-0.39, 0.29) is 24.4 Å². The van der Waals surface area contributed by atoms with Crippen LogP contribution in [0.2, 0.25) is 5.02 Å². The Labute approximate surface area is 129 Å². The Hall–Kier alpha value is -1.81. The van der Waals surface area contributed by atoms with E-state index < -0.39 is 0 Å². The van der Waals surface area contributed by atoms with Crippen LogP contribution in [0.4, 0.5) is 5.69 Å². The molecule has 1 aliphatic carbocycles. The average Bonchev–Trinajstić information content (AvgIpc) is 2.48. The number of allylic oxidation sites excluding steroid dienone is 2. The first-order valence-electron chi connectivity index (χ1n) is 6.94. The molecule has 5 heteroatoms. The summed E-state index contributed by atoms with van der Waals surface area (Å²) < 4.78 is 5.05. The van der Waals surface area contributed by atoms with Gasteiger partial charge in [0.25, 0.3) is 5.91 Å². The van der Waals surface area contributed by atoms with Crippen molar-refractivity contribution in [2.75, 3.05) is 11.9 Å². The molecule has 112 valence electrons. The second-order valence-electron chi connectivity index (χ2n) is 5.12. The van der Waals surface area contributed by atoms with Crippen LogP contribution >= 0.6 is 11.6 Å². The fourth-order valence-electron chi connectivity index (χ4n) is 2.17. The molecular formula is C16H18ClNO3. The lowest BCUT2D eigenvalue weighted by Gasteiger charge is -2.16. The highest BCUT2D eigenvalue weighted by Gasteiger charge is 2.21. The Balaban J connectivity index is 1.81. The lowest BCUT2D eigenvalue weighted by Crippen LogP contribution is -2.25. The van der Waals surface area contributed by atoms with Gasteiger partial charge in [-0.3, -0.25) is 9.59 Å². The first-order chi connectivity index (χ1) is 10.1. The van der Waals surface area contributed by atoms with Gasteiger partial charge in [-0.2, -0.15) is 0 Å². The fraction of sp³-hybridized carbons (Fsp3) is 0.375. The van der Waals surface area contributed by atoms with Crippen molar-refractivity contribution in [3.05, 3.63) is 40.9 Å². The summed E-state index contributed by atoms with van der Waals surface area (Å²) in [7, 11) is 0. The minimum absolute atomic E-state index is 0.134. The molecule has 1 aromatic carbocycles. The molecule has 1 amide bonds. The molecule has 0 unspecified atom stereocenters. The standard InChI is InChI=1S/C16H18ClNO3/c1-11-7-8-14(13(17)9-11)18-15(19)10-21-16(20)12-5-3-2-4-6-12/h2-3,7-9,12H,4-6,10H2,1H3,(H,18,19)/t12-/m0/s1. The van der Waals surface area contributed by atoms with Crippen molar-refractivity contribution in [2.24, 2.45) is 5.92 Å². The van der Waals surface area contributed by atoms with Crippen molar-refractivity contribution in [2.45, 2.75) is 26.2 Å². The normalized spacial score (nSPS) is 17.3. The summed E-state index contributed by atoms with van der Waals surface area (Å²) in [6.07, 6.45) is 6.37. The lowest BCUT2D eigenvalue weighted by atomic mass is 9.95. The minimum Gasteiger partial charge on any atom is -0.455 e. The van der Waals surface area contributed by atoms with Crippen LogP contribution in [0.3, 0.4) is 0 Å². The SMILES string of the molecule is Cc1ccc(NC(=O)COC(=O)[C@H]2CC=CCC2)c(Cl)c1. The number of rotatable bonds is 4. The molecule has 0 saturated heterocycles. The van der Waals surface area contributed by atoms with Gasteiger partial charge >= 0.3 is 5.97 Å². The Morgan fingerprint density at radius 3 is 2.86 bits per heavy atom. The molecule has 4 nitrogen and oxygen atoms in total. The predicted molar refractivity (Wildman–Crippen MR) is 82.3 cm³/mol. The molecule has 0 saturated carbocycles. The highest BCUT2D eigenvalue weighted by molar-refractivity contribution is 6.33. The third kappa shape index (κ3) is 4.60. The molecule has 1 N–H and O–H groups in total. The summed E-state index contributed by atoms with van der Waals surface area (Å²) in [6.45, 7) is 1.63. The van der Waals surface area contributed by atoms with Gasteiger partial charge in [0.2, 0.25) is 0 Å². The van der Waals surface area contributed by atoms with E-state index in [0.29, 0.717) is 17.1 Å². The summed E-state index contributed by atoms with van der Waals surface area (Å²) in [4.78, 5) is 23.6. The first kappa shape index (κ1) is 15.6. The van der Waals surface area contributed by atoms with E-state index in [1.807, 2.05) is 19.1 Å². The topological polar surface area (TPSA) is 55.4 Å². The van der Waals surface area contributed by atoms with Gasteiger partial charge in [0, 0.05) is 0 Å². The zero-order chi connectivity index (χ0) is 15.2. The number of esters is 1. The van der Waals surface area contributed by atoms with Crippen molar-refractivity contribution < 1.29 is 14.3 Å². The molecule has 0 radical (unpaired) electrons. The van der Waals surface area contributed by atoms with Crippen LogP contribution < -0.4 is 5.32 Å². The summed E-state index contributed by atoms with van der Waals surface area (Å²) >= 11 is 6.03. The Morgan fingerprint density at radius 1 is 1.38 bits per heavy atom. The maximum atomic E-state index is 11.8. The largest absolute Gasteiger partial charge is 0.455 e. The maximum Gasteiger partial charge on any atom is 0.309 e. The number of carbonyl (C=O) groups is 2. The highest BCUT2D eigenvalue weighted by Crippen LogP contribution is 2.23. The van der Waals surface area contributed by atoms with Crippen molar-refractivity contribution >= 4 is 29.2 Å². The number of ether oxygens (including phenoxy) is 1. The van der Waals surface area contributed by atoms with E-state index in [4.69, 9.17) is 16.3 Å². The molecule has 1 aromatic rings. The number of carbonyl (C=O) groups excluding carboxylic acids is 2. The van der Waals surface area contributed by atoms with E-state index in [1.165, 1.54) is 0 Å². The Bertz CT molecular complexity index is 569. The molecule has 0 aromatic heterocycles. The van der Waals surface area contributed by atoms with Gasteiger partial charge in [0.1, 0.15) is 0 Å². The van der Waals surface area contributed by atoms with E-state index >= 15 is 0 Å². The van der Waals surface area contributed by atoms with Gasteiger partial charge in [-0.05, 0) is 43.9 Å². The zero-order valence-electron chi connectivity index (χ0n) is 11.9. The number of amides is 1. The van der Waals surface area contributed by atoms with E-state index in [1.54, 1.807) is 12.1 Å². The van der Waals surface area contributed by atoms with E-state index in [2.05, 4.69) is 11.4 Å². The van der Waals surface area contributed by atoms with Gasteiger partial charge in [-0.15, -0.1) is 0 Å². The summed E-state index contributed by atoms with van der Waals surface area (Å²) in [5.74, 6) is -0.837. The molecule has 0 bridgehead atoms. The maximum absolute atomic E-state index is 11.8. The van der Waals surface area contributed by atoms with Crippen molar-refractivity contribution in [1.82, 2.24) is 0 Å². The number of halogens is 1. The molecule has 2 rings (SSSR count). The smallest absolute Gasteiger partial charge is 0.309 e. The molecule has 21 heavy (non-hydrogen) atoms. The van der Waals surface area contributed by atoms with Crippen LogP contribution in [0, 0.1) is 12.8 Å².